The minimum absolute atomic E-state index is 0.0467. The Kier molecular flexibility index (Phi) is 10.7. The van der Waals surface area contributed by atoms with Gasteiger partial charge in [0.25, 0.3) is 0 Å². The second-order valence-electron chi connectivity index (χ2n) is 14.2. The third-order valence-corrected chi connectivity index (χ3v) is 11.5. The van der Waals surface area contributed by atoms with Gasteiger partial charge in [0.05, 0.1) is 37.5 Å². The zero-order valence-corrected chi connectivity index (χ0v) is 26.1. The van der Waals surface area contributed by atoms with Crippen molar-refractivity contribution in [3.8, 4) is 0 Å². The number of rotatable bonds is 8. The monoisotopic (exact) mass is 624 g/mol. The fourth-order valence-corrected chi connectivity index (χ4v) is 8.92. The van der Waals surface area contributed by atoms with Crippen molar-refractivity contribution in [3.05, 3.63) is 0 Å². The molecule has 0 aromatic carbocycles. The first-order valence-electron chi connectivity index (χ1n) is 17.2. The zero-order chi connectivity index (χ0) is 30.8. The van der Waals surface area contributed by atoms with Gasteiger partial charge in [-0.05, 0) is 56.9 Å². The number of piperazine rings is 1. The number of nitrogens with two attached hydrogens (primary N) is 2. The molecule has 44 heavy (non-hydrogen) atoms. The van der Waals surface area contributed by atoms with E-state index < -0.39 is 30.6 Å². The van der Waals surface area contributed by atoms with E-state index in [-0.39, 0.29) is 61.2 Å². The topological polar surface area (TPSA) is 141 Å². The van der Waals surface area contributed by atoms with Crippen LogP contribution in [0.25, 0.3) is 0 Å². The van der Waals surface area contributed by atoms with Crippen molar-refractivity contribution >= 4 is 11.8 Å². The van der Waals surface area contributed by atoms with E-state index in [1.165, 1.54) is 0 Å². The van der Waals surface area contributed by atoms with Gasteiger partial charge in [0.15, 0.2) is 0 Å². The molecular weight excluding hydrogens is 570 g/mol. The molecule has 0 aromatic rings. The SMILES string of the molecule is NC(N)C(C(=O)NC1CNCCC1C1CCC(C(=O)N2CCN(C3COC3)CC2)CC1F)C1NCC(F)CN1C1CCCC1. The number of ether oxygens (including phenoxy) is 1. The molecule has 4 heterocycles. The van der Waals surface area contributed by atoms with E-state index in [0.717, 1.165) is 65.0 Å². The molecule has 8 atom stereocenters. The molecule has 8 unspecified atom stereocenters. The lowest BCUT2D eigenvalue weighted by Gasteiger charge is -2.47. The Balaban J connectivity index is 1.06. The Bertz CT molecular complexity index is 978. The molecule has 4 saturated heterocycles. The van der Waals surface area contributed by atoms with Crippen LogP contribution in [0.1, 0.15) is 51.4 Å². The Morgan fingerprint density at radius 2 is 1.66 bits per heavy atom. The van der Waals surface area contributed by atoms with Gasteiger partial charge in [0.2, 0.25) is 11.8 Å². The lowest BCUT2D eigenvalue weighted by molar-refractivity contribution is -0.142. The summed E-state index contributed by atoms with van der Waals surface area (Å²) in [5, 5.41) is 9.84. The second kappa shape index (κ2) is 14.5. The number of hydrogen-bond donors (Lipinski definition) is 5. The van der Waals surface area contributed by atoms with Crippen molar-refractivity contribution < 1.29 is 23.1 Å². The molecule has 13 heteroatoms. The molecule has 250 valence electrons. The van der Waals surface area contributed by atoms with Crippen LogP contribution in [-0.2, 0) is 14.3 Å². The second-order valence-corrected chi connectivity index (χ2v) is 14.2. The number of hydrogen-bond acceptors (Lipinski definition) is 9. The van der Waals surface area contributed by atoms with E-state index in [9.17, 15) is 14.0 Å². The summed E-state index contributed by atoms with van der Waals surface area (Å²) in [6.45, 7) is 6.36. The van der Waals surface area contributed by atoms with Crippen LogP contribution >= 0.6 is 0 Å². The third-order valence-electron chi connectivity index (χ3n) is 11.5. The van der Waals surface area contributed by atoms with Gasteiger partial charge in [0, 0.05) is 63.8 Å². The highest BCUT2D eigenvalue weighted by molar-refractivity contribution is 5.80. The summed E-state index contributed by atoms with van der Waals surface area (Å²) in [4.78, 5) is 33.7. The molecular formula is C31H54F2N8O3. The van der Waals surface area contributed by atoms with Gasteiger partial charge in [-0.25, -0.2) is 8.78 Å². The predicted molar refractivity (Wildman–Crippen MR) is 163 cm³/mol. The molecule has 0 radical (unpaired) electrons. The van der Waals surface area contributed by atoms with Gasteiger partial charge in [-0.1, -0.05) is 12.8 Å². The first-order chi connectivity index (χ1) is 21.3. The van der Waals surface area contributed by atoms with Crippen molar-refractivity contribution in [1.29, 1.82) is 0 Å². The van der Waals surface area contributed by atoms with Gasteiger partial charge >= 0.3 is 0 Å². The Labute approximate surface area is 260 Å². The van der Waals surface area contributed by atoms with Crippen molar-refractivity contribution in [2.75, 3.05) is 65.6 Å². The number of piperidine rings is 1. The molecule has 4 aliphatic heterocycles. The fraction of sp³-hybridized carbons (Fsp3) is 0.935. The van der Waals surface area contributed by atoms with Crippen LogP contribution < -0.4 is 27.4 Å². The molecule has 2 aliphatic carbocycles. The molecule has 0 bridgehead atoms. The number of halogens is 2. The summed E-state index contributed by atoms with van der Waals surface area (Å²) >= 11 is 0. The van der Waals surface area contributed by atoms with E-state index >= 15 is 4.39 Å². The molecule has 2 amide bonds. The van der Waals surface area contributed by atoms with E-state index in [4.69, 9.17) is 16.2 Å². The number of nitrogens with one attached hydrogen (secondary N) is 3. The minimum Gasteiger partial charge on any atom is -0.378 e. The number of carbonyl (C=O) groups is 2. The van der Waals surface area contributed by atoms with Crippen molar-refractivity contribution in [2.45, 2.75) is 94.2 Å². The smallest absolute Gasteiger partial charge is 0.229 e. The summed E-state index contributed by atoms with van der Waals surface area (Å²) in [6, 6.07) is 0.407. The number of carbonyl (C=O) groups excluding carboxylic acids is 2. The van der Waals surface area contributed by atoms with Gasteiger partial charge < -0.3 is 31.7 Å². The highest BCUT2D eigenvalue weighted by Crippen LogP contribution is 2.40. The highest BCUT2D eigenvalue weighted by Gasteiger charge is 2.46. The fourth-order valence-electron chi connectivity index (χ4n) is 8.92. The van der Waals surface area contributed by atoms with Crippen LogP contribution in [0.3, 0.4) is 0 Å². The molecule has 2 saturated carbocycles. The van der Waals surface area contributed by atoms with Crippen molar-refractivity contribution in [2.24, 2.45) is 35.1 Å². The summed E-state index contributed by atoms with van der Waals surface area (Å²) < 4.78 is 35.8. The van der Waals surface area contributed by atoms with Crippen LogP contribution in [0.2, 0.25) is 0 Å². The van der Waals surface area contributed by atoms with Crippen LogP contribution in [0.4, 0.5) is 8.78 Å². The maximum atomic E-state index is 16.0. The molecule has 7 N–H and O–H groups in total. The number of alkyl halides is 2. The summed E-state index contributed by atoms with van der Waals surface area (Å²) in [5.41, 5.74) is 12.5. The molecule has 11 nitrogen and oxygen atoms in total. The largest absolute Gasteiger partial charge is 0.378 e. The normalized spacial score (nSPS) is 37.6. The van der Waals surface area contributed by atoms with E-state index in [2.05, 4.69) is 25.8 Å². The van der Waals surface area contributed by atoms with Crippen LogP contribution in [0, 0.1) is 23.7 Å². The zero-order valence-electron chi connectivity index (χ0n) is 26.1. The predicted octanol–water partition coefficient (Wildman–Crippen LogP) is -0.250. The van der Waals surface area contributed by atoms with E-state index in [1.807, 2.05) is 4.90 Å². The maximum Gasteiger partial charge on any atom is 0.229 e. The Hall–Kier alpha value is -1.48. The Morgan fingerprint density at radius 1 is 0.909 bits per heavy atom. The lowest BCUT2D eigenvalue weighted by atomic mass is 9.70. The number of amides is 2. The van der Waals surface area contributed by atoms with Gasteiger partial charge in [-0.3, -0.25) is 24.7 Å². The quantitative estimate of drug-likeness (QED) is 0.231. The van der Waals surface area contributed by atoms with Gasteiger partial charge in [-0.2, -0.15) is 0 Å². The average Bonchev–Trinajstić information content (AvgIpc) is 3.53. The van der Waals surface area contributed by atoms with Gasteiger partial charge in [0.1, 0.15) is 12.3 Å². The first kappa shape index (κ1) is 32.5. The van der Waals surface area contributed by atoms with Crippen molar-refractivity contribution in [3.63, 3.8) is 0 Å². The molecule has 0 spiro atoms. The molecule has 6 aliphatic rings. The average molecular weight is 625 g/mol. The van der Waals surface area contributed by atoms with Crippen molar-refractivity contribution in [1.82, 2.24) is 30.7 Å². The Morgan fingerprint density at radius 3 is 2.32 bits per heavy atom. The van der Waals surface area contributed by atoms with Gasteiger partial charge in [-0.15, -0.1) is 0 Å². The standard InChI is InChI=1S/C31H54F2N8O3/c32-20-14-37-29(41(16-20)21-3-1-2-4-21)27(28(34)35)30(42)38-26-15-36-8-7-24(26)23-6-5-19(13-25(23)33)31(43)40-11-9-39(10-12-40)22-17-44-18-22/h19-29,36-37H,1-18,34-35H2,(H,38,42). The lowest BCUT2D eigenvalue weighted by Crippen LogP contribution is -2.68. The summed E-state index contributed by atoms with van der Waals surface area (Å²) in [5.74, 6) is -1.49. The molecule has 6 rings (SSSR count). The van der Waals surface area contributed by atoms with E-state index in [0.29, 0.717) is 38.5 Å². The molecule has 6 fully saturated rings. The molecule has 0 aromatic heterocycles. The van der Waals surface area contributed by atoms with Crippen LogP contribution in [-0.4, -0.2) is 135 Å². The third kappa shape index (κ3) is 7.08. The highest BCUT2D eigenvalue weighted by atomic mass is 19.1. The summed E-state index contributed by atoms with van der Waals surface area (Å²) in [7, 11) is 0. The van der Waals surface area contributed by atoms with Crippen LogP contribution in [0.15, 0.2) is 0 Å². The van der Waals surface area contributed by atoms with E-state index in [1.54, 1.807) is 0 Å². The summed E-state index contributed by atoms with van der Waals surface area (Å²) in [6.07, 6.45) is 2.96. The minimum atomic E-state index is -1.10. The first-order valence-corrected chi connectivity index (χ1v) is 17.2. The maximum absolute atomic E-state index is 16.0. The number of nitrogens with zero attached hydrogens (tertiary/aromatic N) is 3. The van der Waals surface area contributed by atoms with Crippen LogP contribution in [0.5, 0.6) is 0 Å².